The second kappa shape index (κ2) is 2.58. The Hall–Kier alpha value is -0.830. The van der Waals surface area contributed by atoms with E-state index < -0.39 is 0 Å². The van der Waals surface area contributed by atoms with Crippen LogP contribution in [0.25, 0.3) is 10.9 Å². The van der Waals surface area contributed by atoms with Gasteiger partial charge in [0.15, 0.2) is 0 Å². The molecule has 0 aliphatic heterocycles. The molecule has 0 bridgehead atoms. The molecule has 0 amide bonds. The van der Waals surface area contributed by atoms with Crippen LogP contribution in [0.4, 0.5) is 0 Å². The predicted octanol–water partition coefficient (Wildman–Crippen LogP) is 3.20. The summed E-state index contributed by atoms with van der Waals surface area (Å²) in [6, 6.07) is 6.23. The van der Waals surface area contributed by atoms with Crippen molar-refractivity contribution in [2.24, 2.45) is 0 Å². The molecule has 2 aromatic rings. The van der Waals surface area contributed by atoms with Crippen LogP contribution in [0.5, 0.6) is 0 Å². The third kappa shape index (κ3) is 1.10. The molecular weight excluding hydrogens is 228 g/mol. The van der Waals surface area contributed by atoms with Crippen LogP contribution in [0.3, 0.4) is 0 Å². The quantitative estimate of drug-likeness (QED) is 0.810. The normalized spacial score (nSPS) is 16.7. The van der Waals surface area contributed by atoms with Crippen LogP contribution < -0.4 is 0 Å². The third-order valence-corrected chi connectivity index (χ3v) is 3.19. The largest absolute Gasteiger partial charge is 0.281 e. The van der Waals surface area contributed by atoms with Crippen molar-refractivity contribution in [1.82, 2.24) is 10.2 Å². The molecule has 13 heavy (non-hydrogen) atoms. The molecule has 1 heterocycles. The number of para-hydroxylation sites is 1. The molecule has 1 aliphatic rings. The summed E-state index contributed by atoms with van der Waals surface area (Å²) < 4.78 is 1.08. The van der Waals surface area contributed by atoms with Gasteiger partial charge in [0.1, 0.15) is 5.52 Å². The highest BCUT2D eigenvalue weighted by Gasteiger charge is 2.27. The summed E-state index contributed by atoms with van der Waals surface area (Å²) in [5.41, 5.74) is 2.38. The number of rotatable bonds is 1. The van der Waals surface area contributed by atoms with Gasteiger partial charge in [0, 0.05) is 21.5 Å². The standard InChI is InChI=1S/C10H9BrN2/c11-8-3-1-2-7-9(6-4-5-6)12-13-10(7)8/h1-3,6H,4-5H2,(H,12,13). The lowest BCUT2D eigenvalue weighted by atomic mass is 10.1. The van der Waals surface area contributed by atoms with Crippen LogP contribution in [0.1, 0.15) is 24.5 Å². The fraction of sp³-hybridized carbons (Fsp3) is 0.300. The second-order valence-electron chi connectivity index (χ2n) is 3.55. The molecule has 0 radical (unpaired) electrons. The lowest BCUT2D eigenvalue weighted by molar-refractivity contribution is 0.978. The number of hydrogen-bond acceptors (Lipinski definition) is 1. The molecule has 1 fully saturated rings. The Kier molecular flexibility index (Phi) is 1.50. The van der Waals surface area contributed by atoms with Crippen molar-refractivity contribution >= 4 is 26.8 Å². The van der Waals surface area contributed by atoms with E-state index in [-0.39, 0.29) is 0 Å². The Morgan fingerprint density at radius 2 is 2.23 bits per heavy atom. The first-order valence-corrected chi connectivity index (χ1v) is 5.28. The molecule has 1 aliphatic carbocycles. The first kappa shape index (κ1) is 7.56. The Bertz CT molecular complexity index is 457. The number of aromatic nitrogens is 2. The van der Waals surface area contributed by atoms with Gasteiger partial charge in [-0.1, -0.05) is 12.1 Å². The lowest BCUT2D eigenvalue weighted by Gasteiger charge is -1.93. The average Bonchev–Trinajstić information content (AvgIpc) is 2.87. The van der Waals surface area contributed by atoms with Gasteiger partial charge in [-0.05, 0) is 34.8 Å². The Balaban J connectivity index is 2.32. The first-order chi connectivity index (χ1) is 6.36. The van der Waals surface area contributed by atoms with Gasteiger partial charge < -0.3 is 0 Å². The number of halogens is 1. The maximum absolute atomic E-state index is 4.31. The zero-order chi connectivity index (χ0) is 8.84. The van der Waals surface area contributed by atoms with E-state index in [2.05, 4.69) is 38.3 Å². The van der Waals surface area contributed by atoms with E-state index in [0.717, 1.165) is 15.9 Å². The Morgan fingerprint density at radius 3 is 3.00 bits per heavy atom. The van der Waals surface area contributed by atoms with Gasteiger partial charge in [-0.2, -0.15) is 5.10 Å². The van der Waals surface area contributed by atoms with Crippen molar-refractivity contribution in [2.75, 3.05) is 0 Å². The Morgan fingerprint density at radius 1 is 1.38 bits per heavy atom. The van der Waals surface area contributed by atoms with Crippen LogP contribution in [0.15, 0.2) is 22.7 Å². The minimum absolute atomic E-state index is 0.735. The number of benzene rings is 1. The highest BCUT2D eigenvalue weighted by Crippen LogP contribution is 2.42. The molecule has 2 nitrogen and oxygen atoms in total. The van der Waals surface area contributed by atoms with Gasteiger partial charge in [0.2, 0.25) is 0 Å². The number of H-pyrrole nitrogens is 1. The number of hydrogen-bond donors (Lipinski definition) is 1. The SMILES string of the molecule is Brc1cccc2c(C3CC3)[nH]nc12. The number of nitrogens with one attached hydrogen (secondary N) is 1. The second-order valence-corrected chi connectivity index (χ2v) is 4.40. The maximum atomic E-state index is 4.31. The van der Waals surface area contributed by atoms with Crippen molar-refractivity contribution in [2.45, 2.75) is 18.8 Å². The summed E-state index contributed by atoms with van der Waals surface area (Å²) in [5.74, 6) is 0.735. The number of nitrogens with zero attached hydrogens (tertiary/aromatic N) is 1. The lowest BCUT2D eigenvalue weighted by Crippen LogP contribution is -1.78. The molecule has 3 heteroatoms. The topological polar surface area (TPSA) is 28.7 Å². The highest BCUT2D eigenvalue weighted by atomic mass is 79.9. The van der Waals surface area contributed by atoms with Crippen molar-refractivity contribution in [3.05, 3.63) is 28.4 Å². The van der Waals surface area contributed by atoms with Crippen LogP contribution in [0, 0.1) is 0 Å². The summed E-state index contributed by atoms with van der Waals surface area (Å²) in [6.07, 6.45) is 2.62. The fourth-order valence-electron chi connectivity index (χ4n) is 1.71. The number of aromatic amines is 1. The fourth-order valence-corrected chi connectivity index (χ4v) is 2.16. The monoisotopic (exact) mass is 236 g/mol. The molecular formula is C10H9BrN2. The van der Waals surface area contributed by atoms with E-state index in [4.69, 9.17) is 0 Å². The molecule has 0 atom stereocenters. The number of fused-ring (bicyclic) bond motifs is 1. The molecule has 66 valence electrons. The third-order valence-electron chi connectivity index (χ3n) is 2.55. The van der Waals surface area contributed by atoms with Crippen LogP contribution in [-0.4, -0.2) is 10.2 Å². The van der Waals surface area contributed by atoms with E-state index in [1.807, 2.05) is 6.07 Å². The van der Waals surface area contributed by atoms with E-state index >= 15 is 0 Å². The molecule has 1 saturated carbocycles. The minimum atomic E-state index is 0.735. The summed E-state index contributed by atoms with van der Waals surface area (Å²) >= 11 is 3.50. The predicted molar refractivity (Wildman–Crippen MR) is 55.8 cm³/mol. The van der Waals surface area contributed by atoms with Gasteiger partial charge in [-0.15, -0.1) is 0 Å². The minimum Gasteiger partial charge on any atom is -0.281 e. The summed E-state index contributed by atoms with van der Waals surface area (Å²) in [6.45, 7) is 0. The van der Waals surface area contributed by atoms with E-state index in [0.29, 0.717) is 0 Å². The van der Waals surface area contributed by atoms with E-state index in [1.165, 1.54) is 23.9 Å². The molecule has 0 spiro atoms. The highest BCUT2D eigenvalue weighted by molar-refractivity contribution is 9.10. The first-order valence-electron chi connectivity index (χ1n) is 4.49. The van der Waals surface area contributed by atoms with Crippen molar-refractivity contribution in [3.8, 4) is 0 Å². The molecule has 1 N–H and O–H groups in total. The van der Waals surface area contributed by atoms with Crippen LogP contribution in [-0.2, 0) is 0 Å². The van der Waals surface area contributed by atoms with Crippen LogP contribution in [0.2, 0.25) is 0 Å². The van der Waals surface area contributed by atoms with Crippen molar-refractivity contribution in [1.29, 1.82) is 0 Å². The zero-order valence-corrected chi connectivity index (χ0v) is 8.63. The molecule has 0 unspecified atom stereocenters. The average molecular weight is 237 g/mol. The van der Waals surface area contributed by atoms with E-state index in [9.17, 15) is 0 Å². The summed E-state index contributed by atoms with van der Waals surface area (Å²) in [7, 11) is 0. The molecule has 1 aromatic heterocycles. The van der Waals surface area contributed by atoms with Gasteiger partial charge in [-0.25, -0.2) is 0 Å². The van der Waals surface area contributed by atoms with Gasteiger partial charge >= 0.3 is 0 Å². The van der Waals surface area contributed by atoms with E-state index in [1.54, 1.807) is 0 Å². The molecule has 1 aromatic carbocycles. The van der Waals surface area contributed by atoms with Crippen LogP contribution >= 0.6 is 15.9 Å². The van der Waals surface area contributed by atoms with Gasteiger partial charge in [0.05, 0.1) is 0 Å². The summed E-state index contributed by atoms with van der Waals surface area (Å²) in [5, 5.41) is 8.72. The molecule has 0 saturated heterocycles. The smallest absolute Gasteiger partial charge is 0.107 e. The molecule has 3 rings (SSSR count). The zero-order valence-electron chi connectivity index (χ0n) is 7.05. The summed E-state index contributed by atoms with van der Waals surface area (Å²) in [4.78, 5) is 0. The van der Waals surface area contributed by atoms with Crippen molar-refractivity contribution < 1.29 is 0 Å². The van der Waals surface area contributed by atoms with Crippen molar-refractivity contribution in [3.63, 3.8) is 0 Å². The Labute approximate surface area is 84.5 Å². The van der Waals surface area contributed by atoms with Gasteiger partial charge in [-0.3, -0.25) is 5.10 Å². The van der Waals surface area contributed by atoms with Gasteiger partial charge in [0.25, 0.3) is 0 Å². The maximum Gasteiger partial charge on any atom is 0.107 e.